The molecule has 0 aliphatic rings. The van der Waals surface area contributed by atoms with E-state index < -0.39 is 4.83 Å². The molecule has 1 unspecified atom stereocenters. The maximum Gasteiger partial charge on any atom is 0.302 e. The maximum absolute atomic E-state index is 12.2. The van der Waals surface area contributed by atoms with Crippen LogP contribution >= 0.6 is 31.9 Å². The van der Waals surface area contributed by atoms with Crippen LogP contribution in [0.2, 0.25) is 0 Å². The van der Waals surface area contributed by atoms with Gasteiger partial charge in [-0.05, 0) is 28.8 Å². The summed E-state index contributed by atoms with van der Waals surface area (Å²) in [6.45, 7) is 0.0515. The third kappa shape index (κ3) is 8.69. The topological polar surface area (TPSA) is 20.2 Å². The summed E-state index contributed by atoms with van der Waals surface area (Å²) in [6, 6.07) is 0. The molecule has 1 N–H and O–H groups in total. The third-order valence-electron chi connectivity index (χ3n) is 1.13. The molecule has 1 atom stereocenters. The lowest BCUT2D eigenvalue weighted by atomic mass is 10.2. The van der Waals surface area contributed by atoms with Gasteiger partial charge in [0.15, 0.2) is 0 Å². The van der Waals surface area contributed by atoms with Gasteiger partial charge in [0.25, 0.3) is 0 Å². The SMILES string of the molecule is OCCCC(Br)CC(F)(F)Br. The van der Waals surface area contributed by atoms with E-state index in [1.54, 1.807) is 0 Å². The summed E-state index contributed by atoms with van der Waals surface area (Å²) in [4.78, 5) is -3.03. The zero-order valence-corrected chi connectivity index (χ0v) is 9.04. The summed E-state index contributed by atoms with van der Waals surface area (Å²) in [5.74, 6) is 0. The Balaban J connectivity index is 3.44. The Morgan fingerprint density at radius 1 is 1.45 bits per heavy atom. The molecule has 0 fully saturated rings. The van der Waals surface area contributed by atoms with Gasteiger partial charge in [0.1, 0.15) is 0 Å². The van der Waals surface area contributed by atoms with Crippen LogP contribution in [0.1, 0.15) is 19.3 Å². The molecule has 0 aromatic heterocycles. The molecule has 68 valence electrons. The summed E-state index contributed by atoms with van der Waals surface area (Å²) in [5.41, 5.74) is 0. The molecule has 0 spiro atoms. The van der Waals surface area contributed by atoms with Gasteiger partial charge in [-0.3, -0.25) is 0 Å². The Labute approximate surface area is 81.4 Å². The Morgan fingerprint density at radius 3 is 2.36 bits per heavy atom. The van der Waals surface area contributed by atoms with Crippen molar-refractivity contribution in [2.24, 2.45) is 0 Å². The Bertz CT molecular complexity index is 105. The summed E-state index contributed by atoms with van der Waals surface area (Å²) in [5, 5.41) is 8.39. The van der Waals surface area contributed by atoms with E-state index in [1.807, 2.05) is 0 Å². The van der Waals surface area contributed by atoms with Crippen molar-refractivity contribution in [2.45, 2.75) is 28.9 Å². The minimum atomic E-state index is -2.80. The van der Waals surface area contributed by atoms with Gasteiger partial charge in [-0.2, -0.15) is 8.78 Å². The first-order valence-corrected chi connectivity index (χ1v) is 4.98. The van der Waals surface area contributed by atoms with Gasteiger partial charge in [-0.15, -0.1) is 0 Å². The number of hydrogen-bond donors (Lipinski definition) is 1. The largest absolute Gasteiger partial charge is 0.396 e. The Kier molecular flexibility index (Phi) is 5.82. The summed E-state index contributed by atoms with van der Waals surface area (Å²) < 4.78 is 24.4. The van der Waals surface area contributed by atoms with Crippen LogP contribution in [0, 0.1) is 0 Å². The minimum absolute atomic E-state index is 0.0515. The molecule has 0 amide bonds. The average molecular weight is 296 g/mol. The lowest BCUT2D eigenvalue weighted by Crippen LogP contribution is -2.13. The average Bonchev–Trinajstić information content (AvgIpc) is 1.79. The molecule has 11 heavy (non-hydrogen) atoms. The van der Waals surface area contributed by atoms with E-state index in [-0.39, 0.29) is 17.9 Å². The highest BCUT2D eigenvalue weighted by molar-refractivity contribution is 9.10. The van der Waals surface area contributed by atoms with Gasteiger partial charge < -0.3 is 5.11 Å². The first-order chi connectivity index (χ1) is 4.95. The van der Waals surface area contributed by atoms with E-state index in [2.05, 4.69) is 31.9 Å². The van der Waals surface area contributed by atoms with Crippen LogP contribution in [0.4, 0.5) is 8.78 Å². The smallest absolute Gasteiger partial charge is 0.302 e. The molecule has 0 bridgehead atoms. The van der Waals surface area contributed by atoms with Crippen LogP contribution in [0.3, 0.4) is 0 Å². The molecule has 5 heteroatoms. The van der Waals surface area contributed by atoms with Crippen LogP contribution in [0.15, 0.2) is 0 Å². The predicted molar refractivity (Wildman–Crippen MR) is 47.5 cm³/mol. The quantitative estimate of drug-likeness (QED) is 0.773. The van der Waals surface area contributed by atoms with Crippen molar-refractivity contribution in [3.63, 3.8) is 0 Å². The van der Waals surface area contributed by atoms with E-state index in [0.717, 1.165) is 0 Å². The van der Waals surface area contributed by atoms with Crippen molar-refractivity contribution in [3.8, 4) is 0 Å². The second-order valence-corrected chi connectivity index (χ2v) is 4.74. The van der Waals surface area contributed by atoms with Gasteiger partial charge >= 0.3 is 4.83 Å². The minimum Gasteiger partial charge on any atom is -0.396 e. The number of rotatable bonds is 5. The molecule has 0 aromatic rings. The van der Waals surface area contributed by atoms with Crippen molar-refractivity contribution in [1.29, 1.82) is 0 Å². The van der Waals surface area contributed by atoms with E-state index >= 15 is 0 Å². The summed E-state index contributed by atoms with van der Waals surface area (Å²) in [6.07, 6.45) is 0.879. The molecule has 0 heterocycles. The highest BCUT2D eigenvalue weighted by Gasteiger charge is 2.27. The first kappa shape index (κ1) is 11.8. The van der Waals surface area contributed by atoms with Gasteiger partial charge in [0.2, 0.25) is 0 Å². The Morgan fingerprint density at radius 2 is 2.00 bits per heavy atom. The van der Waals surface area contributed by atoms with E-state index in [1.165, 1.54) is 0 Å². The number of aliphatic hydroxyl groups is 1. The molecule has 0 rings (SSSR count). The van der Waals surface area contributed by atoms with Crippen LogP contribution in [-0.2, 0) is 0 Å². The number of alkyl halides is 4. The first-order valence-electron chi connectivity index (χ1n) is 3.27. The maximum atomic E-state index is 12.2. The number of aliphatic hydroxyl groups excluding tert-OH is 1. The van der Waals surface area contributed by atoms with Gasteiger partial charge in [-0.1, -0.05) is 15.9 Å². The fourth-order valence-corrected chi connectivity index (χ4v) is 2.22. The van der Waals surface area contributed by atoms with E-state index in [0.29, 0.717) is 12.8 Å². The van der Waals surface area contributed by atoms with Crippen molar-refractivity contribution in [3.05, 3.63) is 0 Å². The molecular formula is C6H10Br2F2O. The molecule has 0 saturated carbocycles. The molecule has 0 aliphatic heterocycles. The lowest BCUT2D eigenvalue weighted by molar-refractivity contribution is 0.103. The third-order valence-corrected chi connectivity index (χ3v) is 2.23. The molecule has 0 radical (unpaired) electrons. The second-order valence-electron chi connectivity index (χ2n) is 2.28. The van der Waals surface area contributed by atoms with Crippen molar-refractivity contribution in [2.75, 3.05) is 6.61 Å². The fourth-order valence-electron chi connectivity index (χ4n) is 0.666. The zero-order valence-electron chi connectivity index (χ0n) is 5.86. The summed E-state index contributed by atoms with van der Waals surface area (Å²) >= 11 is 5.34. The molecule has 0 aromatic carbocycles. The molecule has 1 nitrogen and oxygen atoms in total. The lowest BCUT2D eigenvalue weighted by Gasteiger charge is -2.12. The predicted octanol–water partition coefficient (Wildman–Crippen LogP) is 2.90. The normalized spacial score (nSPS) is 15.0. The number of hydrogen-bond acceptors (Lipinski definition) is 1. The Hall–Kier alpha value is 0.780. The van der Waals surface area contributed by atoms with E-state index in [4.69, 9.17) is 5.11 Å². The second kappa shape index (κ2) is 5.43. The van der Waals surface area contributed by atoms with Crippen LogP contribution in [0.5, 0.6) is 0 Å². The highest BCUT2D eigenvalue weighted by atomic mass is 79.9. The van der Waals surface area contributed by atoms with E-state index in [9.17, 15) is 8.78 Å². The standard InChI is InChI=1S/C6H10Br2F2O/c7-5(2-1-3-11)4-6(8,9)10/h5,11H,1-4H2. The monoisotopic (exact) mass is 294 g/mol. The molecule has 0 saturated heterocycles. The van der Waals surface area contributed by atoms with Crippen LogP contribution in [0.25, 0.3) is 0 Å². The van der Waals surface area contributed by atoms with Gasteiger partial charge in [-0.25, -0.2) is 0 Å². The highest BCUT2D eigenvalue weighted by Crippen LogP contribution is 2.31. The molecular weight excluding hydrogens is 286 g/mol. The fraction of sp³-hybridized carbons (Fsp3) is 1.00. The van der Waals surface area contributed by atoms with Crippen LogP contribution < -0.4 is 0 Å². The summed E-state index contributed by atoms with van der Waals surface area (Å²) in [7, 11) is 0. The van der Waals surface area contributed by atoms with Crippen molar-refractivity contribution >= 4 is 31.9 Å². The zero-order chi connectivity index (χ0) is 8.91. The molecule has 0 aliphatic carbocycles. The van der Waals surface area contributed by atoms with Crippen molar-refractivity contribution in [1.82, 2.24) is 0 Å². The van der Waals surface area contributed by atoms with Gasteiger partial charge in [0, 0.05) is 17.9 Å². The number of halogens is 4. The van der Waals surface area contributed by atoms with Crippen LogP contribution in [-0.4, -0.2) is 21.4 Å². The van der Waals surface area contributed by atoms with Gasteiger partial charge in [0.05, 0.1) is 0 Å². The van der Waals surface area contributed by atoms with Crippen molar-refractivity contribution < 1.29 is 13.9 Å².